The molecule has 0 atom stereocenters. The lowest BCUT2D eigenvalue weighted by Crippen LogP contribution is -2.34. The van der Waals surface area contributed by atoms with Gasteiger partial charge in [-0.25, -0.2) is 10.0 Å². The fourth-order valence-electron chi connectivity index (χ4n) is 2.75. The molecular weight excluding hydrogens is 314 g/mol. The van der Waals surface area contributed by atoms with E-state index >= 15 is 0 Å². The molecule has 0 saturated carbocycles. The zero-order valence-corrected chi connectivity index (χ0v) is 13.2. The number of hydrogen-bond donors (Lipinski definition) is 1. The lowest BCUT2D eigenvalue weighted by Gasteiger charge is -2.30. The van der Waals surface area contributed by atoms with Crippen LogP contribution < -0.4 is 9.75 Å². The minimum atomic E-state index is 0.643. The Morgan fingerprint density at radius 1 is 1.35 bits per heavy atom. The van der Waals surface area contributed by atoms with Gasteiger partial charge >= 0.3 is 0 Å². The van der Waals surface area contributed by atoms with Gasteiger partial charge in [-0.1, -0.05) is 11.6 Å². The fraction of sp³-hybridized carbons (Fsp3) is 0.125. The van der Waals surface area contributed by atoms with E-state index in [0.29, 0.717) is 11.6 Å². The van der Waals surface area contributed by atoms with Crippen molar-refractivity contribution >= 4 is 23.5 Å². The second kappa shape index (κ2) is 5.48. The first kappa shape index (κ1) is 13.9. The normalized spacial score (nSPS) is 15.8. The van der Waals surface area contributed by atoms with E-state index < -0.39 is 0 Å². The molecule has 0 aliphatic carbocycles. The molecule has 116 valence electrons. The van der Waals surface area contributed by atoms with Crippen molar-refractivity contribution in [3.05, 3.63) is 53.6 Å². The summed E-state index contributed by atoms with van der Waals surface area (Å²) >= 11 is 6.16. The van der Waals surface area contributed by atoms with Crippen LogP contribution >= 0.6 is 11.6 Å². The second-order valence-corrected chi connectivity index (χ2v) is 5.52. The van der Waals surface area contributed by atoms with Gasteiger partial charge in [0.25, 0.3) is 0 Å². The predicted molar refractivity (Wildman–Crippen MR) is 90.5 cm³/mol. The summed E-state index contributed by atoms with van der Waals surface area (Å²) in [7, 11) is 1.64. The lowest BCUT2D eigenvalue weighted by atomic mass is 10.1. The number of H-pyrrole nitrogens is 1. The second-order valence-electron chi connectivity index (χ2n) is 5.08. The number of nitrogens with one attached hydrogen (secondary N) is 1. The highest BCUT2D eigenvalue weighted by molar-refractivity contribution is 6.31. The highest BCUT2D eigenvalue weighted by Crippen LogP contribution is 2.39. The van der Waals surface area contributed by atoms with Gasteiger partial charge in [0.15, 0.2) is 0 Å². The monoisotopic (exact) mass is 327 g/mol. The maximum Gasteiger partial charge on any atom is 0.149 e. The number of aromatic amines is 1. The summed E-state index contributed by atoms with van der Waals surface area (Å²) in [5, 5.41) is 12.0. The Morgan fingerprint density at radius 3 is 3.13 bits per heavy atom. The summed E-state index contributed by atoms with van der Waals surface area (Å²) in [5.74, 6) is 1.64. The summed E-state index contributed by atoms with van der Waals surface area (Å²) in [6.07, 6.45) is 9.50. The van der Waals surface area contributed by atoms with Gasteiger partial charge in [-0.2, -0.15) is 5.10 Å². The van der Waals surface area contributed by atoms with Crippen LogP contribution in [0.1, 0.15) is 0 Å². The first-order valence-corrected chi connectivity index (χ1v) is 7.50. The number of fused-ring (bicyclic) bond motifs is 1. The maximum absolute atomic E-state index is 6.16. The van der Waals surface area contributed by atoms with Crippen molar-refractivity contribution in [2.75, 3.05) is 18.7 Å². The Bertz CT molecular complexity index is 839. The van der Waals surface area contributed by atoms with Gasteiger partial charge in [-0.05, 0) is 30.4 Å². The van der Waals surface area contributed by atoms with Crippen LogP contribution in [0.4, 0.5) is 5.69 Å². The van der Waals surface area contributed by atoms with E-state index in [4.69, 9.17) is 16.3 Å². The summed E-state index contributed by atoms with van der Waals surface area (Å²) in [6.45, 7) is 0.715. The number of hydrogen-bond acceptors (Lipinski definition) is 5. The molecule has 6 nitrogen and oxygen atoms in total. The van der Waals surface area contributed by atoms with Crippen molar-refractivity contribution in [2.24, 2.45) is 4.99 Å². The Balaban J connectivity index is 1.77. The standard InChI is InChI=1S/C16H14ClN5O/c1-23-14-4-3-11(17)9-12(14)16-13(10-19-20-16)21-8-5-15-18-6-2-7-22(15)21/h2-7,9-10H,8H2,1H3,(H,19,20). The van der Waals surface area contributed by atoms with Crippen LogP contribution in [0.25, 0.3) is 11.3 Å². The third-order valence-electron chi connectivity index (χ3n) is 3.79. The number of halogens is 1. The van der Waals surface area contributed by atoms with Crippen molar-refractivity contribution in [3.8, 4) is 17.0 Å². The number of ether oxygens (including phenoxy) is 1. The Labute approximate surface area is 138 Å². The number of benzene rings is 1. The van der Waals surface area contributed by atoms with Crippen LogP contribution in [-0.2, 0) is 0 Å². The number of anilines is 1. The van der Waals surface area contributed by atoms with Gasteiger partial charge in [0.1, 0.15) is 17.3 Å². The molecule has 4 rings (SSSR count). The van der Waals surface area contributed by atoms with E-state index in [1.54, 1.807) is 25.6 Å². The molecule has 0 amide bonds. The largest absolute Gasteiger partial charge is 0.496 e. The van der Waals surface area contributed by atoms with E-state index in [1.807, 2.05) is 29.4 Å². The van der Waals surface area contributed by atoms with Crippen LogP contribution in [0, 0.1) is 0 Å². The van der Waals surface area contributed by atoms with Crippen LogP contribution in [0.3, 0.4) is 0 Å². The molecule has 1 aromatic carbocycles. The molecule has 2 aliphatic heterocycles. The van der Waals surface area contributed by atoms with Crippen molar-refractivity contribution in [2.45, 2.75) is 0 Å². The van der Waals surface area contributed by atoms with Gasteiger partial charge in [0.2, 0.25) is 0 Å². The Morgan fingerprint density at radius 2 is 2.26 bits per heavy atom. The number of aromatic nitrogens is 2. The molecule has 7 heteroatoms. The Hall–Kier alpha value is -2.73. The van der Waals surface area contributed by atoms with Crippen molar-refractivity contribution in [1.82, 2.24) is 15.2 Å². The van der Waals surface area contributed by atoms with Gasteiger partial charge in [0.05, 0.1) is 25.5 Å². The van der Waals surface area contributed by atoms with Crippen LogP contribution in [0.5, 0.6) is 5.75 Å². The summed E-state index contributed by atoms with van der Waals surface area (Å²) < 4.78 is 5.46. The average molecular weight is 328 g/mol. The highest BCUT2D eigenvalue weighted by Gasteiger charge is 2.27. The van der Waals surface area contributed by atoms with Crippen LogP contribution in [0.2, 0.25) is 5.02 Å². The molecule has 0 fully saturated rings. The van der Waals surface area contributed by atoms with Gasteiger partial charge < -0.3 is 4.74 Å². The van der Waals surface area contributed by atoms with Crippen molar-refractivity contribution < 1.29 is 4.74 Å². The zero-order chi connectivity index (χ0) is 15.8. The minimum absolute atomic E-state index is 0.643. The molecule has 0 radical (unpaired) electrons. The number of methoxy groups -OCH3 is 1. The van der Waals surface area contributed by atoms with E-state index in [9.17, 15) is 0 Å². The van der Waals surface area contributed by atoms with Gasteiger partial charge in [-0.3, -0.25) is 10.1 Å². The number of nitrogens with zero attached hydrogens (tertiary/aromatic N) is 4. The third-order valence-corrected chi connectivity index (χ3v) is 4.03. The third kappa shape index (κ3) is 2.27. The smallest absolute Gasteiger partial charge is 0.149 e. The lowest BCUT2D eigenvalue weighted by molar-refractivity contribution is 0.416. The first-order chi connectivity index (χ1) is 11.3. The maximum atomic E-state index is 6.16. The van der Waals surface area contributed by atoms with E-state index in [-0.39, 0.29) is 0 Å². The Kier molecular flexibility index (Phi) is 3.31. The van der Waals surface area contributed by atoms with Crippen LogP contribution in [0.15, 0.2) is 53.6 Å². The quantitative estimate of drug-likeness (QED) is 0.940. The van der Waals surface area contributed by atoms with Crippen LogP contribution in [-0.4, -0.2) is 35.1 Å². The molecule has 23 heavy (non-hydrogen) atoms. The molecule has 2 aromatic rings. The number of allylic oxidation sites excluding steroid dienone is 1. The van der Waals surface area contributed by atoms with E-state index in [1.165, 1.54) is 0 Å². The number of hydrazine groups is 1. The molecule has 0 saturated heterocycles. The molecular formula is C16H14ClN5O. The molecule has 3 heterocycles. The summed E-state index contributed by atoms with van der Waals surface area (Å²) in [5.41, 5.74) is 2.64. The van der Waals surface area contributed by atoms with Crippen molar-refractivity contribution in [1.29, 1.82) is 0 Å². The molecule has 0 unspecified atom stereocenters. The number of rotatable bonds is 3. The fourth-order valence-corrected chi connectivity index (χ4v) is 2.92. The molecule has 0 bridgehead atoms. The molecule has 1 aromatic heterocycles. The molecule has 0 spiro atoms. The predicted octanol–water partition coefficient (Wildman–Crippen LogP) is 3.22. The zero-order valence-electron chi connectivity index (χ0n) is 12.4. The van der Waals surface area contributed by atoms with E-state index in [2.05, 4.69) is 26.3 Å². The minimum Gasteiger partial charge on any atom is -0.496 e. The first-order valence-electron chi connectivity index (χ1n) is 7.13. The molecule has 2 aliphatic rings. The topological polar surface area (TPSA) is 56.8 Å². The van der Waals surface area contributed by atoms with E-state index in [0.717, 1.165) is 28.5 Å². The summed E-state index contributed by atoms with van der Waals surface area (Å²) in [4.78, 5) is 4.36. The van der Waals surface area contributed by atoms with Gasteiger partial charge in [0, 0.05) is 23.0 Å². The number of aliphatic imine (C=N–C) groups is 1. The molecule has 1 N–H and O–H groups in total. The van der Waals surface area contributed by atoms with Gasteiger partial charge in [-0.15, -0.1) is 0 Å². The average Bonchev–Trinajstić information content (AvgIpc) is 3.21. The summed E-state index contributed by atoms with van der Waals surface area (Å²) in [6, 6.07) is 5.52. The highest BCUT2D eigenvalue weighted by atomic mass is 35.5. The SMILES string of the molecule is COc1ccc(Cl)cc1-c1[nH]ncc1N1CC=C2N=CC=CN21. The van der Waals surface area contributed by atoms with Crippen molar-refractivity contribution in [3.63, 3.8) is 0 Å².